The van der Waals surface area contributed by atoms with Crippen LogP contribution in [0.25, 0.3) is 0 Å². The van der Waals surface area contributed by atoms with Crippen molar-refractivity contribution in [2.75, 3.05) is 0 Å². The summed E-state index contributed by atoms with van der Waals surface area (Å²) in [5.41, 5.74) is -10.8. The van der Waals surface area contributed by atoms with Crippen molar-refractivity contribution in [3.8, 4) is 0 Å². The molecule has 4 unspecified atom stereocenters. The van der Waals surface area contributed by atoms with Crippen LogP contribution in [0.1, 0.15) is 310 Å². The quantitative estimate of drug-likeness (QED) is 0.171. The van der Waals surface area contributed by atoms with Gasteiger partial charge in [-0.2, -0.15) is 119 Å². The van der Waals surface area contributed by atoms with Crippen molar-refractivity contribution >= 4 is 0 Å². The third-order valence-corrected chi connectivity index (χ3v) is 23.9. The van der Waals surface area contributed by atoms with Crippen LogP contribution in [0.4, 0.5) is 119 Å². The van der Waals surface area contributed by atoms with Crippen LogP contribution in [0, 0.1) is 125 Å². The molecule has 0 amide bonds. The smallest absolute Gasteiger partial charge is 0.171 e. The standard InChI is InChI=1S/C11H21F3.C10H19F3.C9H17F3.4C8H15F3.2C7H13F3/c1-8(2,3)9(4,5)10(6,7)11(12,13)14;1-7(8(2,3)4)9(5,6)10(11,12)13;1-6(2)8(4,5)7(3)9(10,11)12;2*1-6(2,3)7(4,5)8(9,10)11;2*1-5(2)6(3)7(4)8(9,10)11;1-4-6(2,3)5-7(8,9)10;1-4-5(2)6(3)7(8,9)10/h1-7H3;7H,1-6H3;6-7H,1-5H3;2*1-5H3;2*5-7H,1-4H3;4-5H2,1-3H3;5-6H,4H2,1-3H3/t;7-;;;;2*6-,7?;;5?,6-/m.0...11.1/s1. The molecule has 0 aliphatic heterocycles. The first kappa shape index (κ1) is 119. The van der Waals surface area contributed by atoms with Gasteiger partial charge in [0.1, 0.15) is 0 Å². The summed E-state index contributed by atoms with van der Waals surface area (Å²) in [6.07, 6.45) is -36.3. The van der Waals surface area contributed by atoms with E-state index in [1.54, 1.807) is 125 Å². The molecule has 0 fully saturated rings. The summed E-state index contributed by atoms with van der Waals surface area (Å²) in [5, 5.41) is 0. The minimum absolute atomic E-state index is 0.0362. The molecular weight excluding hydrogens is 1430 g/mol. The van der Waals surface area contributed by atoms with Crippen LogP contribution in [-0.4, -0.2) is 55.6 Å². The Labute approximate surface area is 607 Å². The molecular formula is C76H143F27. The van der Waals surface area contributed by atoms with E-state index in [2.05, 4.69) is 0 Å². The molecule has 27 heteroatoms. The van der Waals surface area contributed by atoms with E-state index in [1.165, 1.54) is 83.1 Å². The second-order valence-electron chi connectivity index (χ2n) is 37.2. The highest BCUT2D eigenvalue weighted by Gasteiger charge is 2.60. The zero-order valence-corrected chi connectivity index (χ0v) is 70.7. The summed E-state index contributed by atoms with van der Waals surface area (Å²) in [4.78, 5) is 0. The van der Waals surface area contributed by atoms with Gasteiger partial charge in [0, 0.05) is 6.42 Å². The molecule has 0 aromatic carbocycles. The minimum Gasteiger partial charge on any atom is -0.171 e. The SMILES string of the molecule is CC(C)(C)C(C)(C)C(C)(C)C(F)(F)F.CC(C)(C)C(C)(C)C(F)(F)F.CC(C)(C)C(C)(C)C(F)(F)F.CC(C)C(C)(C)C(C)C(F)(F)F.CC(C)[C@@H](C)C(C)C(F)(F)F.CC(C)[C@@H](C)C(C)C(F)(F)F.CCC(C)(C)CC(F)(F)F.CCC(C)[C@@H](C)C(F)(F)F.C[C@@H](C(C)(C)C)C(C)(C)C(F)(F)F. The summed E-state index contributed by atoms with van der Waals surface area (Å²) in [7, 11) is 0. The van der Waals surface area contributed by atoms with E-state index < -0.39 is 140 Å². The van der Waals surface area contributed by atoms with Gasteiger partial charge in [0.25, 0.3) is 0 Å². The molecule has 0 aliphatic rings. The average Bonchev–Trinajstić information content (AvgIpc) is 0.755. The second-order valence-corrected chi connectivity index (χ2v) is 37.2. The van der Waals surface area contributed by atoms with E-state index in [4.69, 9.17) is 0 Å². The zero-order chi connectivity index (χ0) is 87.5. The molecule has 0 nitrogen and oxygen atoms in total. The van der Waals surface area contributed by atoms with Crippen LogP contribution in [0.5, 0.6) is 0 Å². The van der Waals surface area contributed by atoms with Crippen molar-refractivity contribution in [3.05, 3.63) is 0 Å². The van der Waals surface area contributed by atoms with Crippen molar-refractivity contribution in [1.82, 2.24) is 0 Å². The Bertz CT molecular complexity index is 2080. The van der Waals surface area contributed by atoms with Crippen LogP contribution in [0.3, 0.4) is 0 Å². The predicted molar refractivity (Wildman–Crippen MR) is 372 cm³/mol. The molecule has 0 N–H and O–H groups in total. The Morgan fingerprint density at radius 2 is 0.495 bits per heavy atom. The van der Waals surface area contributed by atoms with Crippen LogP contribution in [-0.2, 0) is 0 Å². The van der Waals surface area contributed by atoms with Gasteiger partial charge in [-0.05, 0) is 79.3 Å². The van der Waals surface area contributed by atoms with Gasteiger partial charge >= 0.3 is 55.6 Å². The van der Waals surface area contributed by atoms with Gasteiger partial charge in [-0.3, -0.25) is 0 Å². The number of hydrogen-bond donors (Lipinski definition) is 0. The van der Waals surface area contributed by atoms with E-state index in [0.717, 1.165) is 0 Å². The molecule has 0 aromatic rings. The first-order valence-corrected chi connectivity index (χ1v) is 35.0. The van der Waals surface area contributed by atoms with Gasteiger partial charge in [0.2, 0.25) is 0 Å². The summed E-state index contributed by atoms with van der Waals surface area (Å²) < 4.78 is 331. The Balaban J connectivity index is -0.000000138. The van der Waals surface area contributed by atoms with E-state index in [1.807, 2.05) is 83.1 Å². The second kappa shape index (κ2) is 41.4. The molecule has 0 saturated heterocycles. The van der Waals surface area contributed by atoms with E-state index >= 15 is 0 Å². The summed E-state index contributed by atoms with van der Waals surface area (Å²) in [5.74, 6) is -5.84. The Morgan fingerprint density at radius 1 is 0.262 bits per heavy atom. The number of rotatable bonds is 12. The lowest BCUT2D eigenvalue weighted by molar-refractivity contribution is -0.263. The summed E-state index contributed by atoms with van der Waals surface area (Å²) in [6, 6.07) is 0. The summed E-state index contributed by atoms with van der Waals surface area (Å²) in [6.45, 7) is 66.5. The average molecular weight is 1570 g/mol. The van der Waals surface area contributed by atoms with Crippen molar-refractivity contribution in [3.63, 3.8) is 0 Å². The fourth-order valence-electron chi connectivity index (χ4n) is 7.49. The van der Waals surface area contributed by atoms with Crippen molar-refractivity contribution < 1.29 is 119 Å². The molecule has 0 aromatic heterocycles. The Morgan fingerprint density at radius 3 is 0.553 bits per heavy atom. The molecule has 636 valence electrons. The van der Waals surface area contributed by atoms with Gasteiger partial charge < -0.3 is 0 Å². The number of hydrogen-bond acceptors (Lipinski definition) is 0. The maximum atomic E-state index is 12.9. The van der Waals surface area contributed by atoms with E-state index in [9.17, 15) is 119 Å². The number of alkyl halides is 27. The van der Waals surface area contributed by atoms with Gasteiger partial charge in [-0.1, -0.05) is 304 Å². The fourth-order valence-corrected chi connectivity index (χ4v) is 7.49. The van der Waals surface area contributed by atoms with Crippen LogP contribution in [0.15, 0.2) is 0 Å². The molecule has 8 atom stereocenters. The van der Waals surface area contributed by atoms with Crippen LogP contribution < -0.4 is 0 Å². The van der Waals surface area contributed by atoms with Crippen molar-refractivity contribution in [1.29, 1.82) is 0 Å². The highest BCUT2D eigenvalue weighted by molar-refractivity contribution is 4.98. The van der Waals surface area contributed by atoms with E-state index in [-0.39, 0.29) is 46.3 Å². The topological polar surface area (TPSA) is 0 Å². The maximum absolute atomic E-state index is 12.9. The van der Waals surface area contributed by atoms with Gasteiger partial charge in [-0.15, -0.1) is 0 Å². The molecule has 0 rings (SSSR count). The van der Waals surface area contributed by atoms with Gasteiger partial charge in [-0.25, -0.2) is 0 Å². The normalized spacial score (nSPS) is 16.7. The highest BCUT2D eigenvalue weighted by atomic mass is 19.4. The molecule has 0 saturated carbocycles. The molecule has 0 aliphatic carbocycles. The minimum atomic E-state index is -4.16. The van der Waals surface area contributed by atoms with Crippen LogP contribution in [0.2, 0.25) is 0 Å². The third kappa shape index (κ3) is 43.3. The highest BCUT2D eigenvalue weighted by Crippen LogP contribution is 2.59. The van der Waals surface area contributed by atoms with Crippen molar-refractivity contribution in [2.45, 2.75) is 366 Å². The van der Waals surface area contributed by atoms with Crippen LogP contribution >= 0.6 is 0 Å². The monoisotopic (exact) mass is 1570 g/mol. The third-order valence-electron chi connectivity index (χ3n) is 23.9. The lowest BCUT2D eigenvalue weighted by Crippen LogP contribution is -2.51. The maximum Gasteiger partial charge on any atom is 0.394 e. The van der Waals surface area contributed by atoms with E-state index in [0.29, 0.717) is 12.8 Å². The van der Waals surface area contributed by atoms with Crippen molar-refractivity contribution in [2.24, 2.45) is 125 Å². The number of halogens is 27. The lowest BCUT2D eigenvalue weighted by atomic mass is 9.55. The van der Waals surface area contributed by atoms with Gasteiger partial charge in [0.15, 0.2) is 0 Å². The lowest BCUT2D eigenvalue weighted by Gasteiger charge is -2.51. The molecule has 0 radical (unpaired) electrons. The predicted octanol–water partition coefficient (Wildman–Crippen LogP) is 33.6. The largest absolute Gasteiger partial charge is 0.394 e. The Hall–Kier alpha value is -1.89. The first-order valence-electron chi connectivity index (χ1n) is 35.0. The Kier molecular flexibility index (Phi) is 48.0. The molecule has 103 heavy (non-hydrogen) atoms. The van der Waals surface area contributed by atoms with Gasteiger partial charge in [0.05, 0.1) is 45.3 Å². The fraction of sp³-hybridized carbons (Fsp3) is 1.00. The zero-order valence-electron chi connectivity index (χ0n) is 70.7. The molecule has 0 spiro atoms. The first-order chi connectivity index (χ1) is 43.4. The molecule has 0 heterocycles. The molecule has 0 bridgehead atoms. The summed E-state index contributed by atoms with van der Waals surface area (Å²) >= 11 is 0.